The molecule has 2 aromatic heterocycles. The van der Waals surface area contributed by atoms with E-state index >= 15 is 0 Å². The minimum absolute atomic E-state index is 0.0395. The molecule has 3 rings (SSSR count). The minimum Gasteiger partial charge on any atom is -0.356 e. The van der Waals surface area contributed by atoms with E-state index in [2.05, 4.69) is 65.6 Å². The Morgan fingerprint density at radius 1 is 1.17 bits per heavy atom. The van der Waals surface area contributed by atoms with E-state index in [4.69, 9.17) is 0 Å². The summed E-state index contributed by atoms with van der Waals surface area (Å²) in [6.45, 7) is 7.17. The van der Waals surface area contributed by atoms with Crippen molar-refractivity contribution in [3.05, 3.63) is 47.2 Å². The average molecular weight is 327 g/mol. The van der Waals surface area contributed by atoms with Crippen LogP contribution in [0.1, 0.15) is 31.3 Å². The van der Waals surface area contributed by atoms with E-state index in [0.29, 0.717) is 0 Å². The number of hydrogen-bond donors (Lipinski definition) is 1. The smallest absolute Gasteiger partial charge is 0.205 e. The maximum Gasteiger partial charge on any atom is 0.205 e. The van der Waals surface area contributed by atoms with Crippen molar-refractivity contribution < 1.29 is 0 Å². The van der Waals surface area contributed by atoms with Gasteiger partial charge in [-0.05, 0) is 17.2 Å². The standard InChI is InChI=1S/C17H21N5S/c1-17(2,3)15-20-21-16(23-15)18-9-12-6-5-7-13(8-12)14-10-19-22(4)11-14/h5-8,10-11H,9H2,1-4H3,(H,18,21). The lowest BCUT2D eigenvalue weighted by atomic mass is 9.98. The third-order valence-corrected chi connectivity index (χ3v) is 4.78. The minimum atomic E-state index is 0.0395. The Bertz CT molecular complexity index is 797. The number of aromatic nitrogens is 4. The first kappa shape index (κ1) is 15.7. The highest BCUT2D eigenvalue weighted by atomic mass is 32.1. The molecular formula is C17H21N5S. The molecule has 0 saturated heterocycles. The summed E-state index contributed by atoms with van der Waals surface area (Å²) < 4.78 is 1.82. The number of nitrogens with zero attached hydrogens (tertiary/aromatic N) is 4. The number of anilines is 1. The average Bonchev–Trinajstić information content (AvgIpc) is 3.14. The maximum atomic E-state index is 4.26. The third-order valence-electron chi connectivity index (χ3n) is 3.48. The lowest BCUT2D eigenvalue weighted by Gasteiger charge is -2.12. The number of rotatable bonds is 4. The highest BCUT2D eigenvalue weighted by Crippen LogP contribution is 2.28. The van der Waals surface area contributed by atoms with Gasteiger partial charge in [0.15, 0.2) is 0 Å². The van der Waals surface area contributed by atoms with E-state index in [1.165, 1.54) is 11.1 Å². The van der Waals surface area contributed by atoms with Gasteiger partial charge >= 0.3 is 0 Å². The SMILES string of the molecule is Cn1cc(-c2cccc(CNc3nnc(C(C)(C)C)s3)c2)cn1. The van der Waals surface area contributed by atoms with Crippen LogP contribution in [0.25, 0.3) is 11.1 Å². The lowest BCUT2D eigenvalue weighted by Crippen LogP contribution is -2.10. The van der Waals surface area contributed by atoms with Crippen LogP contribution in [0, 0.1) is 0 Å². The van der Waals surface area contributed by atoms with E-state index in [1.807, 2.05) is 24.1 Å². The molecule has 5 nitrogen and oxygen atoms in total. The van der Waals surface area contributed by atoms with Crippen LogP contribution in [0.3, 0.4) is 0 Å². The predicted octanol–water partition coefficient (Wildman–Crippen LogP) is 3.85. The Morgan fingerprint density at radius 2 is 2.00 bits per heavy atom. The first-order valence-electron chi connectivity index (χ1n) is 7.57. The molecule has 0 amide bonds. The molecule has 23 heavy (non-hydrogen) atoms. The summed E-state index contributed by atoms with van der Waals surface area (Å²) in [4.78, 5) is 0. The zero-order valence-corrected chi connectivity index (χ0v) is 14.7. The van der Waals surface area contributed by atoms with E-state index < -0.39 is 0 Å². The van der Waals surface area contributed by atoms with Crippen LogP contribution in [-0.4, -0.2) is 20.0 Å². The summed E-state index contributed by atoms with van der Waals surface area (Å²) in [7, 11) is 1.93. The highest BCUT2D eigenvalue weighted by molar-refractivity contribution is 7.15. The first-order chi connectivity index (χ1) is 10.9. The molecule has 1 N–H and O–H groups in total. The molecule has 2 heterocycles. The Morgan fingerprint density at radius 3 is 2.65 bits per heavy atom. The molecule has 0 radical (unpaired) electrons. The molecule has 120 valence electrons. The van der Waals surface area contributed by atoms with Crippen LogP contribution in [0.15, 0.2) is 36.7 Å². The third kappa shape index (κ3) is 3.76. The molecule has 0 unspecified atom stereocenters. The second kappa shape index (κ2) is 6.12. The van der Waals surface area contributed by atoms with Crippen LogP contribution in [0.2, 0.25) is 0 Å². The van der Waals surface area contributed by atoms with Crippen molar-refractivity contribution in [1.82, 2.24) is 20.0 Å². The van der Waals surface area contributed by atoms with Crippen LogP contribution in [-0.2, 0) is 19.0 Å². The summed E-state index contributed by atoms with van der Waals surface area (Å²) in [5.74, 6) is 0. The first-order valence-corrected chi connectivity index (χ1v) is 8.39. The van der Waals surface area contributed by atoms with Crippen LogP contribution in [0.5, 0.6) is 0 Å². The molecule has 0 saturated carbocycles. The molecule has 6 heteroatoms. The summed E-state index contributed by atoms with van der Waals surface area (Å²) in [5.41, 5.74) is 3.54. The second-order valence-corrected chi connectivity index (χ2v) is 7.60. The molecular weight excluding hydrogens is 306 g/mol. The topological polar surface area (TPSA) is 55.6 Å². The molecule has 0 aliphatic rings. The van der Waals surface area contributed by atoms with Gasteiger partial charge in [-0.1, -0.05) is 50.3 Å². The molecule has 0 atom stereocenters. The second-order valence-electron chi connectivity index (χ2n) is 6.62. The van der Waals surface area contributed by atoms with Gasteiger partial charge in [-0.3, -0.25) is 4.68 Å². The Balaban J connectivity index is 1.70. The zero-order valence-electron chi connectivity index (χ0n) is 13.9. The fraction of sp³-hybridized carbons (Fsp3) is 0.353. The van der Waals surface area contributed by atoms with E-state index in [0.717, 1.165) is 22.2 Å². The van der Waals surface area contributed by atoms with E-state index in [-0.39, 0.29) is 5.41 Å². The van der Waals surface area contributed by atoms with Crippen molar-refractivity contribution in [3.8, 4) is 11.1 Å². The monoisotopic (exact) mass is 327 g/mol. The van der Waals surface area contributed by atoms with Crippen LogP contribution >= 0.6 is 11.3 Å². The fourth-order valence-electron chi connectivity index (χ4n) is 2.21. The summed E-state index contributed by atoms with van der Waals surface area (Å²) >= 11 is 1.62. The van der Waals surface area contributed by atoms with Gasteiger partial charge in [-0.15, -0.1) is 10.2 Å². The molecule has 0 fully saturated rings. The number of nitrogens with one attached hydrogen (secondary N) is 1. The lowest BCUT2D eigenvalue weighted by molar-refractivity contribution is 0.578. The van der Waals surface area contributed by atoms with Crippen molar-refractivity contribution in [2.45, 2.75) is 32.7 Å². The van der Waals surface area contributed by atoms with Crippen molar-refractivity contribution in [2.24, 2.45) is 7.05 Å². The Labute approximate surface area is 140 Å². The van der Waals surface area contributed by atoms with Gasteiger partial charge in [-0.25, -0.2) is 0 Å². The van der Waals surface area contributed by atoms with Crippen molar-refractivity contribution in [2.75, 3.05) is 5.32 Å². The molecule has 0 bridgehead atoms. The molecule has 0 spiro atoms. The van der Waals surface area contributed by atoms with Crippen LogP contribution < -0.4 is 5.32 Å². The normalized spacial score (nSPS) is 11.7. The molecule has 0 aliphatic carbocycles. The van der Waals surface area contributed by atoms with Crippen molar-refractivity contribution >= 4 is 16.5 Å². The summed E-state index contributed by atoms with van der Waals surface area (Å²) in [6, 6.07) is 8.46. The predicted molar refractivity (Wildman–Crippen MR) is 94.6 cm³/mol. The quantitative estimate of drug-likeness (QED) is 0.791. The van der Waals surface area contributed by atoms with Gasteiger partial charge in [0.05, 0.1) is 6.20 Å². The number of aryl methyl sites for hydroxylation is 1. The van der Waals surface area contributed by atoms with Gasteiger partial charge in [0.2, 0.25) is 5.13 Å². The van der Waals surface area contributed by atoms with Gasteiger partial charge < -0.3 is 5.32 Å². The highest BCUT2D eigenvalue weighted by Gasteiger charge is 2.19. The Kier molecular flexibility index (Phi) is 4.17. The number of benzene rings is 1. The van der Waals surface area contributed by atoms with E-state index in [9.17, 15) is 0 Å². The van der Waals surface area contributed by atoms with E-state index in [1.54, 1.807) is 11.3 Å². The van der Waals surface area contributed by atoms with Crippen LogP contribution in [0.4, 0.5) is 5.13 Å². The summed E-state index contributed by atoms with van der Waals surface area (Å²) in [6.07, 6.45) is 3.90. The van der Waals surface area contributed by atoms with Gasteiger partial charge in [0, 0.05) is 30.8 Å². The molecule has 0 aliphatic heterocycles. The largest absolute Gasteiger partial charge is 0.356 e. The van der Waals surface area contributed by atoms with Crippen molar-refractivity contribution in [1.29, 1.82) is 0 Å². The maximum absolute atomic E-state index is 4.26. The number of hydrogen-bond acceptors (Lipinski definition) is 5. The summed E-state index contributed by atoms with van der Waals surface area (Å²) in [5, 5.41) is 18.0. The van der Waals surface area contributed by atoms with Gasteiger partial charge in [0.25, 0.3) is 0 Å². The van der Waals surface area contributed by atoms with Gasteiger partial charge in [-0.2, -0.15) is 5.10 Å². The fourth-order valence-corrected chi connectivity index (χ4v) is 3.00. The van der Waals surface area contributed by atoms with Crippen molar-refractivity contribution in [3.63, 3.8) is 0 Å². The Hall–Kier alpha value is -2.21. The van der Waals surface area contributed by atoms with Gasteiger partial charge in [0.1, 0.15) is 5.01 Å². The zero-order chi connectivity index (χ0) is 16.4. The molecule has 3 aromatic rings. The molecule has 1 aromatic carbocycles.